The fourth-order valence-electron chi connectivity index (χ4n) is 0.918. The molecule has 4 N–H and O–H groups in total. The van der Waals surface area contributed by atoms with Crippen LogP contribution in [0.3, 0.4) is 0 Å². The van der Waals surface area contributed by atoms with Crippen LogP contribution in [0.2, 0.25) is 0 Å². The van der Waals surface area contributed by atoms with Crippen molar-refractivity contribution in [3.63, 3.8) is 0 Å². The summed E-state index contributed by atoms with van der Waals surface area (Å²) in [6, 6.07) is 2.26. The normalized spacial score (nSPS) is 13.3. The van der Waals surface area contributed by atoms with E-state index in [1.165, 1.54) is 0 Å². The van der Waals surface area contributed by atoms with Crippen molar-refractivity contribution in [2.24, 2.45) is 5.73 Å². The Bertz CT molecular complexity index is 182. The van der Waals surface area contributed by atoms with E-state index in [1.54, 1.807) is 6.20 Å². The minimum Gasteiger partial charge on any atom is -0.329 e. The number of nitrogens with zero attached hydrogens (tertiary/aromatic N) is 1. The molecular weight excluding hydrogens is 140 g/mol. The van der Waals surface area contributed by atoms with Crippen LogP contribution in [0.4, 0.5) is 0 Å². The molecule has 0 radical (unpaired) electrons. The number of H-pyrrole nitrogens is 1. The molecule has 1 atom stereocenters. The van der Waals surface area contributed by atoms with E-state index < -0.39 is 0 Å². The molecule has 0 fully saturated rings. The highest BCUT2D eigenvalue weighted by molar-refractivity contribution is 5.02. The number of nitrogens with two attached hydrogens (primary N) is 1. The Morgan fingerprint density at radius 2 is 2.64 bits per heavy atom. The van der Waals surface area contributed by atoms with Gasteiger partial charge in [-0.2, -0.15) is 5.10 Å². The van der Waals surface area contributed by atoms with Gasteiger partial charge in [-0.15, -0.1) is 0 Å². The van der Waals surface area contributed by atoms with Gasteiger partial charge in [0.2, 0.25) is 0 Å². The third-order valence-corrected chi connectivity index (χ3v) is 1.58. The van der Waals surface area contributed by atoms with E-state index in [9.17, 15) is 0 Å². The van der Waals surface area contributed by atoms with Gasteiger partial charge in [-0.3, -0.25) is 5.10 Å². The van der Waals surface area contributed by atoms with Gasteiger partial charge < -0.3 is 11.1 Å². The van der Waals surface area contributed by atoms with Gasteiger partial charge >= 0.3 is 0 Å². The van der Waals surface area contributed by atoms with Crippen molar-refractivity contribution in [3.05, 3.63) is 18.0 Å². The van der Waals surface area contributed by atoms with E-state index in [-0.39, 0.29) is 0 Å². The maximum atomic E-state index is 5.34. The highest BCUT2D eigenvalue weighted by Crippen LogP contribution is 2.05. The fourth-order valence-corrected chi connectivity index (χ4v) is 0.918. The molecule has 4 nitrogen and oxygen atoms in total. The summed E-state index contributed by atoms with van der Waals surface area (Å²) in [6.07, 6.45) is 1.75. The maximum absolute atomic E-state index is 5.34. The van der Waals surface area contributed by atoms with Crippen LogP contribution in [0, 0.1) is 0 Å². The van der Waals surface area contributed by atoms with Crippen molar-refractivity contribution in [1.29, 1.82) is 0 Å². The Morgan fingerprint density at radius 1 is 1.82 bits per heavy atom. The second-order valence-corrected chi connectivity index (χ2v) is 2.48. The van der Waals surface area contributed by atoms with E-state index >= 15 is 0 Å². The second kappa shape index (κ2) is 4.10. The SMILES string of the molecule is CC(NCCN)c1ccn[nH]1. The van der Waals surface area contributed by atoms with E-state index in [0.717, 1.165) is 12.2 Å². The summed E-state index contributed by atoms with van der Waals surface area (Å²) >= 11 is 0. The van der Waals surface area contributed by atoms with Gasteiger partial charge in [0.15, 0.2) is 0 Å². The molecule has 0 spiro atoms. The lowest BCUT2D eigenvalue weighted by Gasteiger charge is -2.09. The van der Waals surface area contributed by atoms with Crippen LogP contribution in [0.25, 0.3) is 0 Å². The van der Waals surface area contributed by atoms with Crippen LogP contribution in [0.5, 0.6) is 0 Å². The van der Waals surface area contributed by atoms with Crippen LogP contribution in [-0.2, 0) is 0 Å². The molecule has 0 aromatic carbocycles. The standard InChI is InChI=1S/C7H14N4/c1-6(9-5-3-8)7-2-4-10-11-7/h2,4,6,9H,3,5,8H2,1H3,(H,10,11). The van der Waals surface area contributed by atoms with E-state index in [0.29, 0.717) is 12.6 Å². The largest absolute Gasteiger partial charge is 0.329 e. The van der Waals surface area contributed by atoms with Crippen molar-refractivity contribution < 1.29 is 0 Å². The van der Waals surface area contributed by atoms with Gasteiger partial charge in [-0.25, -0.2) is 0 Å². The molecule has 0 saturated carbocycles. The molecule has 0 bridgehead atoms. The number of aromatic amines is 1. The van der Waals surface area contributed by atoms with E-state index in [2.05, 4.69) is 22.4 Å². The van der Waals surface area contributed by atoms with Gasteiger partial charge in [-0.05, 0) is 13.0 Å². The number of hydrogen-bond acceptors (Lipinski definition) is 3. The molecule has 1 aromatic rings. The molecule has 0 amide bonds. The molecule has 0 aliphatic heterocycles. The predicted octanol–water partition coefficient (Wildman–Crippen LogP) is 0.0190. The highest BCUT2D eigenvalue weighted by Gasteiger charge is 2.03. The van der Waals surface area contributed by atoms with Crippen LogP contribution in [0.15, 0.2) is 12.3 Å². The van der Waals surface area contributed by atoms with Crippen molar-refractivity contribution in [2.75, 3.05) is 13.1 Å². The number of nitrogens with one attached hydrogen (secondary N) is 2. The average molecular weight is 154 g/mol. The molecule has 0 aliphatic rings. The number of rotatable bonds is 4. The van der Waals surface area contributed by atoms with Gasteiger partial charge in [0.05, 0.1) is 5.69 Å². The fraction of sp³-hybridized carbons (Fsp3) is 0.571. The first-order chi connectivity index (χ1) is 5.34. The Hall–Kier alpha value is -0.870. The zero-order valence-corrected chi connectivity index (χ0v) is 6.67. The van der Waals surface area contributed by atoms with Crippen molar-refractivity contribution in [3.8, 4) is 0 Å². The molecule has 1 unspecified atom stereocenters. The topological polar surface area (TPSA) is 66.7 Å². The summed E-state index contributed by atoms with van der Waals surface area (Å²) in [7, 11) is 0. The lowest BCUT2D eigenvalue weighted by atomic mass is 10.2. The zero-order chi connectivity index (χ0) is 8.10. The van der Waals surface area contributed by atoms with Gasteiger partial charge in [-0.1, -0.05) is 0 Å². The number of aromatic nitrogens is 2. The molecule has 1 rings (SSSR count). The van der Waals surface area contributed by atoms with Gasteiger partial charge in [0.25, 0.3) is 0 Å². The highest BCUT2D eigenvalue weighted by atomic mass is 15.1. The first kappa shape index (κ1) is 8.23. The smallest absolute Gasteiger partial charge is 0.0518 e. The van der Waals surface area contributed by atoms with Crippen molar-refractivity contribution in [1.82, 2.24) is 15.5 Å². The molecule has 1 aromatic heterocycles. The summed E-state index contributed by atoms with van der Waals surface area (Å²) in [4.78, 5) is 0. The number of hydrogen-bond donors (Lipinski definition) is 3. The maximum Gasteiger partial charge on any atom is 0.0518 e. The predicted molar refractivity (Wildman–Crippen MR) is 44.1 cm³/mol. The lowest BCUT2D eigenvalue weighted by Crippen LogP contribution is -2.25. The first-order valence-electron chi connectivity index (χ1n) is 3.77. The van der Waals surface area contributed by atoms with Crippen LogP contribution >= 0.6 is 0 Å². The van der Waals surface area contributed by atoms with E-state index in [1.807, 2.05) is 6.07 Å². The van der Waals surface area contributed by atoms with Gasteiger partial charge in [0, 0.05) is 25.3 Å². The van der Waals surface area contributed by atoms with Gasteiger partial charge in [0.1, 0.15) is 0 Å². The van der Waals surface area contributed by atoms with Crippen LogP contribution in [-0.4, -0.2) is 23.3 Å². The third-order valence-electron chi connectivity index (χ3n) is 1.58. The van der Waals surface area contributed by atoms with Crippen molar-refractivity contribution >= 4 is 0 Å². The zero-order valence-electron chi connectivity index (χ0n) is 6.67. The summed E-state index contributed by atoms with van der Waals surface area (Å²) in [5.41, 5.74) is 6.44. The third kappa shape index (κ3) is 2.32. The molecule has 4 heteroatoms. The van der Waals surface area contributed by atoms with Crippen molar-refractivity contribution in [2.45, 2.75) is 13.0 Å². The Balaban J connectivity index is 2.36. The Kier molecular flexibility index (Phi) is 3.07. The minimum atomic E-state index is 0.307. The summed E-state index contributed by atoms with van der Waals surface area (Å²) in [5.74, 6) is 0. The monoisotopic (exact) mass is 154 g/mol. The molecule has 1 heterocycles. The summed E-state index contributed by atoms with van der Waals surface area (Å²) in [5, 5.41) is 9.99. The second-order valence-electron chi connectivity index (χ2n) is 2.48. The summed E-state index contributed by atoms with van der Waals surface area (Å²) < 4.78 is 0. The molecule has 0 saturated heterocycles. The molecule has 62 valence electrons. The molecule has 0 aliphatic carbocycles. The molecular formula is C7H14N4. The average Bonchev–Trinajstić information content (AvgIpc) is 2.52. The minimum absolute atomic E-state index is 0.307. The van der Waals surface area contributed by atoms with Crippen LogP contribution in [0.1, 0.15) is 18.7 Å². The lowest BCUT2D eigenvalue weighted by molar-refractivity contribution is 0.568. The quantitative estimate of drug-likeness (QED) is 0.572. The van der Waals surface area contributed by atoms with E-state index in [4.69, 9.17) is 5.73 Å². The molecule has 11 heavy (non-hydrogen) atoms. The Morgan fingerprint density at radius 3 is 3.18 bits per heavy atom. The summed E-state index contributed by atoms with van der Waals surface area (Å²) in [6.45, 7) is 3.57. The van der Waals surface area contributed by atoms with Crippen LogP contribution < -0.4 is 11.1 Å². The Labute approximate surface area is 66.2 Å². The first-order valence-corrected chi connectivity index (χ1v) is 3.77.